The van der Waals surface area contributed by atoms with E-state index in [0.717, 1.165) is 45.7 Å². The minimum atomic E-state index is -2.19. The second-order valence-corrected chi connectivity index (χ2v) is 7.67. The SMILES string of the molecule is CCCN=C(CC)[Si]1(C)OCCN(C)CCO1. The first-order chi connectivity index (χ1) is 8.12. The predicted molar refractivity (Wildman–Crippen MR) is 73.9 cm³/mol. The van der Waals surface area contributed by atoms with E-state index < -0.39 is 8.56 Å². The normalized spacial score (nSPS) is 23.2. The van der Waals surface area contributed by atoms with E-state index >= 15 is 0 Å². The molecule has 0 atom stereocenters. The molecule has 1 rings (SSSR count). The lowest BCUT2D eigenvalue weighted by Crippen LogP contribution is -2.52. The summed E-state index contributed by atoms with van der Waals surface area (Å²) in [5.74, 6) is 0. The fourth-order valence-electron chi connectivity index (χ4n) is 1.94. The monoisotopic (exact) mass is 258 g/mol. The third-order valence-corrected chi connectivity index (χ3v) is 6.16. The van der Waals surface area contributed by atoms with Crippen molar-refractivity contribution in [3.8, 4) is 0 Å². The van der Waals surface area contributed by atoms with Crippen LogP contribution in [0.25, 0.3) is 0 Å². The maximum absolute atomic E-state index is 6.04. The van der Waals surface area contributed by atoms with Crippen molar-refractivity contribution in [2.75, 3.05) is 39.9 Å². The van der Waals surface area contributed by atoms with Crippen molar-refractivity contribution < 1.29 is 8.85 Å². The summed E-state index contributed by atoms with van der Waals surface area (Å²) in [6.07, 6.45) is 2.02. The molecule has 1 aliphatic rings. The summed E-state index contributed by atoms with van der Waals surface area (Å²) in [6, 6.07) is 0. The molecule has 0 aromatic heterocycles. The zero-order chi connectivity index (χ0) is 12.7. The van der Waals surface area contributed by atoms with Crippen molar-refractivity contribution in [2.24, 2.45) is 4.99 Å². The highest BCUT2D eigenvalue weighted by atomic mass is 28.4. The van der Waals surface area contributed by atoms with Crippen molar-refractivity contribution in [1.29, 1.82) is 0 Å². The molecule has 4 nitrogen and oxygen atoms in total. The van der Waals surface area contributed by atoms with Crippen molar-refractivity contribution in [1.82, 2.24) is 4.90 Å². The van der Waals surface area contributed by atoms with Gasteiger partial charge in [-0.25, -0.2) is 0 Å². The molecule has 17 heavy (non-hydrogen) atoms. The highest BCUT2D eigenvalue weighted by molar-refractivity contribution is 6.97. The van der Waals surface area contributed by atoms with Crippen LogP contribution in [-0.4, -0.2) is 58.7 Å². The van der Waals surface area contributed by atoms with Gasteiger partial charge in [0.05, 0.1) is 5.33 Å². The van der Waals surface area contributed by atoms with Gasteiger partial charge in [-0.2, -0.15) is 0 Å². The van der Waals surface area contributed by atoms with Gasteiger partial charge in [-0.3, -0.25) is 4.99 Å². The molecule has 0 amide bonds. The van der Waals surface area contributed by atoms with Gasteiger partial charge >= 0.3 is 8.56 Å². The summed E-state index contributed by atoms with van der Waals surface area (Å²) in [5, 5.41) is 1.17. The van der Waals surface area contributed by atoms with Gasteiger partial charge in [0.25, 0.3) is 0 Å². The topological polar surface area (TPSA) is 34.1 Å². The predicted octanol–water partition coefficient (Wildman–Crippen LogP) is 1.84. The number of nitrogens with zero attached hydrogens (tertiary/aromatic N) is 2. The molecule has 0 saturated carbocycles. The van der Waals surface area contributed by atoms with E-state index in [-0.39, 0.29) is 0 Å². The fraction of sp³-hybridized carbons (Fsp3) is 0.917. The third kappa shape index (κ3) is 4.50. The molecule has 0 radical (unpaired) electrons. The molecule has 1 heterocycles. The molecular formula is C12H26N2O2Si. The van der Waals surface area contributed by atoms with E-state index in [1.165, 1.54) is 5.33 Å². The molecule has 0 unspecified atom stereocenters. The van der Waals surface area contributed by atoms with Crippen molar-refractivity contribution >= 4 is 13.9 Å². The second kappa shape index (κ2) is 7.26. The first-order valence-corrected chi connectivity index (χ1v) is 8.94. The Morgan fingerprint density at radius 2 is 1.82 bits per heavy atom. The first kappa shape index (κ1) is 14.8. The molecule has 1 aliphatic heterocycles. The Kier molecular flexibility index (Phi) is 6.33. The molecule has 1 saturated heterocycles. The van der Waals surface area contributed by atoms with Crippen LogP contribution in [-0.2, 0) is 8.85 Å². The van der Waals surface area contributed by atoms with E-state index in [0.29, 0.717) is 0 Å². The van der Waals surface area contributed by atoms with Gasteiger partial charge in [-0.05, 0) is 26.4 Å². The summed E-state index contributed by atoms with van der Waals surface area (Å²) in [6.45, 7) is 10.8. The Morgan fingerprint density at radius 1 is 1.24 bits per heavy atom. The van der Waals surface area contributed by atoms with E-state index in [9.17, 15) is 0 Å². The Balaban J connectivity index is 2.69. The molecule has 0 aliphatic carbocycles. The minimum absolute atomic E-state index is 0.754. The van der Waals surface area contributed by atoms with Crippen molar-refractivity contribution in [2.45, 2.75) is 33.2 Å². The molecule has 0 aromatic rings. The molecule has 1 fully saturated rings. The van der Waals surface area contributed by atoms with Gasteiger partial charge in [-0.1, -0.05) is 13.8 Å². The Bertz CT molecular complexity index is 249. The fourth-order valence-corrected chi connectivity index (χ4v) is 4.36. The lowest BCUT2D eigenvalue weighted by molar-refractivity contribution is 0.119. The summed E-state index contributed by atoms with van der Waals surface area (Å²) in [5.41, 5.74) is 0. The summed E-state index contributed by atoms with van der Waals surface area (Å²) < 4.78 is 12.1. The average molecular weight is 258 g/mol. The van der Waals surface area contributed by atoms with Gasteiger partial charge < -0.3 is 13.8 Å². The third-order valence-electron chi connectivity index (χ3n) is 3.09. The molecule has 0 N–H and O–H groups in total. The summed E-state index contributed by atoms with van der Waals surface area (Å²) >= 11 is 0. The Morgan fingerprint density at radius 3 is 2.29 bits per heavy atom. The Hall–Kier alpha value is -0.233. The van der Waals surface area contributed by atoms with Crippen LogP contribution in [0.4, 0.5) is 0 Å². The largest absolute Gasteiger partial charge is 0.389 e. The van der Waals surface area contributed by atoms with Gasteiger partial charge in [0.15, 0.2) is 0 Å². The number of rotatable bonds is 4. The van der Waals surface area contributed by atoms with Crippen molar-refractivity contribution in [3.63, 3.8) is 0 Å². The number of aliphatic imine (C=N–C) groups is 1. The Labute approximate surface area is 106 Å². The number of hydrogen-bond acceptors (Lipinski definition) is 4. The van der Waals surface area contributed by atoms with E-state index in [1.807, 2.05) is 0 Å². The quantitative estimate of drug-likeness (QED) is 0.570. The van der Waals surface area contributed by atoms with Gasteiger partial charge in [-0.15, -0.1) is 0 Å². The molecule has 5 heteroatoms. The van der Waals surface area contributed by atoms with Crippen LogP contribution in [0.15, 0.2) is 4.99 Å². The number of likely N-dealkylation sites (N-methyl/N-ethyl adjacent to an activating group) is 1. The lowest BCUT2D eigenvalue weighted by Gasteiger charge is -2.32. The average Bonchev–Trinajstić information content (AvgIpc) is 2.28. The summed E-state index contributed by atoms with van der Waals surface area (Å²) in [4.78, 5) is 6.90. The standard InChI is InChI=1S/C12H26N2O2Si/c1-5-7-13-12(6-2)17(4)15-10-8-14(3)9-11-16-17/h5-11H2,1-4H3. The molecule has 100 valence electrons. The van der Waals surface area contributed by atoms with Gasteiger partial charge in [0, 0.05) is 32.8 Å². The maximum atomic E-state index is 6.04. The van der Waals surface area contributed by atoms with Crippen LogP contribution in [0.3, 0.4) is 0 Å². The van der Waals surface area contributed by atoms with Crippen LogP contribution in [0.1, 0.15) is 26.7 Å². The molecule has 0 bridgehead atoms. The second-order valence-electron chi connectivity index (χ2n) is 4.63. The van der Waals surface area contributed by atoms with Crippen LogP contribution in [0, 0.1) is 0 Å². The van der Waals surface area contributed by atoms with E-state index in [2.05, 4.69) is 37.3 Å². The smallest absolute Gasteiger partial charge is 0.383 e. The molecule has 0 spiro atoms. The highest BCUT2D eigenvalue weighted by Crippen LogP contribution is 2.14. The van der Waals surface area contributed by atoms with E-state index in [1.54, 1.807) is 0 Å². The lowest BCUT2D eigenvalue weighted by atomic mass is 10.5. The summed E-state index contributed by atoms with van der Waals surface area (Å²) in [7, 11) is -0.0920. The zero-order valence-corrected chi connectivity index (χ0v) is 12.7. The first-order valence-electron chi connectivity index (χ1n) is 6.62. The minimum Gasteiger partial charge on any atom is -0.389 e. The van der Waals surface area contributed by atoms with Crippen LogP contribution in [0.2, 0.25) is 6.55 Å². The maximum Gasteiger partial charge on any atom is 0.383 e. The highest BCUT2D eigenvalue weighted by Gasteiger charge is 2.38. The van der Waals surface area contributed by atoms with Gasteiger partial charge in [0.2, 0.25) is 0 Å². The van der Waals surface area contributed by atoms with E-state index in [4.69, 9.17) is 8.85 Å². The van der Waals surface area contributed by atoms with Crippen molar-refractivity contribution in [3.05, 3.63) is 0 Å². The van der Waals surface area contributed by atoms with Gasteiger partial charge in [0.1, 0.15) is 0 Å². The molecular weight excluding hydrogens is 232 g/mol. The molecule has 0 aromatic carbocycles. The van der Waals surface area contributed by atoms with Crippen LogP contribution < -0.4 is 0 Å². The zero-order valence-electron chi connectivity index (χ0n) is 11.7. The number of hydrogen-bond donors (Lipinski definition) is 0. The van der Waals surface area contributed by atoms with Crippen LogP contribution >= 0.6 is 0 Å². The van der Waals surface area contributed by atoms with Crippen LogP contribution in [0.5, 0.6) is 0 Å².